The predicted octanol–water partition coefficient (Wildman–Crippen LogP) is 5.04. The van der Waals surface area contributed by atoms with Crippen molar-refractivity contribution in [3.63, 3.8) is 0 Å². The Morgan fingerprint density at radius 2 is 1.77 bits per heavy atom. The zero-order valence-corrected chi connectivity index (χ0v) is 16.2. The first-order valence-electron chi connectivity index (χ1n) is 9.51. The van der Waals surface area contributed by atoms with Gasteiger partial charge in [0.25, 0.3) is 5.91 Å². The second-order valence-electron chi connectivity index (χ2n) is 6.87. The van der Waals surface area contributed by atoms with Gasteiger partial charge in [-0.3, -0.25) is 14.9 Å². The van der Waals surface area contributed by atoms with Crippen LogP contribution in [0, 0.1) is 0 Å². The van der Waals surface area contributed by atoms with Gasteiger partial charge in [-0.1, -0.05) is 42.5 Å². The number of carbonyl (C=O) groups is 1. The summed E-state index contributed by atoms with van der Waals surface area (Å²) in [4.78, 5) is 17.6. The SMILES string of the molecule is COc1ccccc1-c1cc(NC(=O)c2cc3ccccc3c3cccnc23)n[nH]1. The third-order valence-electron chi connectivity index (χ3n) is 5.07. The highest BCUT2D eigenvalue weighted by Gasteiger charge is 2.16. The van der Waals surface area contributed by atoms with Crippen LogP contribution in [0.5, 0.6) is 5.75 Å². The Hall–Kier alpha value is -4.19. The molecule has 2 N–H and O–H groups in total. The van der Waals surface area contributed by atoms with Crippen LogP contribution in [0.4, 0.5) is 5.82 Å². The summed E-state index contributed by atoms with van der Waals surface area (Å²) in [6, 6.07) is 23.1. The number of H-pyrrole nitrogens is 1. The number of anilines is 1. The molecule has 30 heavy (non-hydrogen) atoms. The minimum absolute atomic E-state index is 0.262. The number of amides is 1. The number of nitrogens with one attached hydrogen (secondary N) is 2. The number of pyridine rings is 1. The number of para-hydroxylation sites is 1. The number of methoxy groups -OCH3 is 1. The summed E-state index contributed by atoms with van der Waals surface area (Å²) in [6.45, 7) is 0. The largest absolute Gasteiger partial charge is 0.496 e. The molecule has 0 spiro atoms. The number of benzene rings is 3. The van der Waals surface area contributed by atoms with E-state index in [1.165, 1.54) is 0 Å². The molecule has 2 heterocycles. The third kappa shape index (κ3) is 3.04. The topological polar surface area (TPSA) is 79.9 Å². The van der Waals surface area contributed by atoms with Gasteiger partial charge < -0.3 is 10.1 Å². The molecule has 0 saturated heterocycles. The fourth-order valence-electron chi connectivity index (χ4n) is 3.68. The summed E-state index contributed by atoms with van der Waals surface area (Å²) in [5.41, 5.74) is 2.79. The molecule has 0 radical (unpaired) electrons. The number of rotatable bonds is 4. The monoisotopic (exact) mass is 394 g/mol. The summed E-state index contributed by atoms with van der Waals surface area (Å²) >= 11 is 0. The van der Waals surface area contributed by atoms with Gasteiger partial charge >= 0.3 is 0 Å². The maximum absolute atomic E-state index is 13.1. The van der Waals surface area contributed by atoms with Crippen LogP contribution in [0.15, 0.2) is 79.0 Å². The van der Waals surface area contributed by atoms with Crippen molar-refractivity contribution in [2.75, 3.05) is 12.4 Å². The van der Waals surface area contributed by atoms with E-state index in [0.29, 0.717) is 16.9 Å². The molecule has 5 rings (SSSR count). The number of fused-ring (bicyclic) bond motifs is 3. The average molecular weight is 394 g/mol. The molecule has 6 heteroatoms. The minimum Gasteiger partial charge on any atom is -0.496 e. The molecule has 0 unspecified atom stereocenters. The fraction of sp³-hybridized carbons (Fsp3) is 0.0417. The van der Waals surface area contributed by atoms with Gasteiger partial charge in [-0.15, -0.1) is 0 Å². The molecule has 0 bridgehead atoms. The molecule has 0 aliphatic rings. The lowest BCUT2D eigenvalue weighted by molar-refractivity contribution is 0.102. The zero-order valence-electron chi connectivity index (χ0n) is 16.2. The number of hydrogen-bond acceptors (Lipinski definition) is 4. The lowest BCUT2D eigenvalue weighted by Gasteiger charge is -2.09. The van der Waals surface area contributed by atoms with E-state index in [9.17, 15) is 4.79 Å². The third-order valence-corrected chi connectivity index (χ3v) is 5.07. The molecule has 0 aliphatic heterocycles. The molecule has 6 nitrogen and oxygen atoms in total. The number of nitrogens with zero attached hydrogens (tertiary/aromatic N) is 2. The molecular weight excluding hydrogens is 376 g/mol. The smallest absolute Gasteiger partial charge is 0.259 e. The Bertz CT molecular complexity index is 1390. The van der Waals surface area contributed by atoms with Gasteiger partial charge in [0.1, 0.15) is 5.75 Å². The van der Waals surface area contributed by atoms with Crippen molar-refractivity contribution in [2.24, 2.45) is 0 Å². The molecule has 0 fully saturated rings. The normalized spacial score (nSPS) is 11.0. The van der Waals surface area contributed by atoms with Crippen molar-refractivity contribution in [2.45, 2.75) is 0 Å². The molecule has 0 aliphatic carbocycles. The average Bonchev–Trinajstić information content (AvgIpc) is 3.26. The minimum atomic E-state index is -0.262. The summed E-state index contributed by atoms with van der Waals surface area (Å²) in [6.07, 6.45) is 1.70. The van der Waals surface area contributed by atoms with Gasteiger partial charge in [0, 0.05) is 23.2 Å². The summed E-state index contributed by atoms with van der Waals surface area (Å²) in [5, 5.41) is 13.1. The van der Waals surface area contributed by atoms with E-state index in [0.717, 1.165) is 33.2 Å². The Morgan fingerprint density at radius 3 is 2.67 bits per heavy atom. The van der Waals surface area contributed by atoms with Crippen LogP contribution in [0.2, 0.25) is 0 Å². The molecule has 3 aromatic carbocycles. The first-order valence-corrected chi connectivity index (χ1v) is 9.51. The molecule has 5 aromatic rings. The zero-order chi connectivity index (χ0) is 20.5. The summed E-state index contributed by atoms with van der Waals surface area (Å²) in [7, 11) is 1.62. The van der Waals surface area contributed by atoms with E-state index < -0.39 is 0 Å². The summed E-state index contributed by atoms with van der Waals surface area (Å²) in [5.74, 6) is 0.893. The second-order valence-corrected chi connectivity index (χ2v) is 6.87. The Morgan fingerprint density at radius 1 is 0.967 bits per heavy atom. The predicted molar refractivity (Wildman–Crippen MR) is 118 cm³/mol. The molecule has 1 amide bonds. The molecule has 2 aromatic heterocycles. The summed E-state index contributed by atoms with van der Waals surface area (Å²) < 4.78 is 5.41. The molecule has 146 valence electrons. The van der Waals surface area contributed by atoms with E-state index >= 15 is 0 Å². The van der Waals surface area contributed by atoms with Crippen LogP contribution >= 0.6 is 0 Å². The van der Waals surface area contributed by atoms with Crippen molar-refractivity contribution in [3.8, 4) is 17.0 Å². The van der Waals surface area contributed by atoms with Crippen LogP contribution in [0.3, 0.4) is 0 Å². The number of hydrogen-bond donors (Lipinski definition) is 2. The van der Waals surface area contributed by atoms with E-state index in [4.69, 9.17) is 4.74 Å². The highest BCUT2D eigenvalue weighted by molar-refractivity contribution is 6.18. The van der Waals surface area contributed by atoms with Gasteiger partial charge in [0.2, 0.25) is 0 Å². The van der Waals surface area contributed by atoms with Crippen LogP contribution in [0.1, 0.15) is 10.4 Å². The number of aromatic nitrogens is 3. The number of aromatic amines is 1. The highest BCUT2D eigenvalue weighted by Crippen LogP contribution is 2.30. The standard InChI is InChI=1S/C24H18N4O2/c1-30-21-11-5-4-9-18(21)20-14-22(28-27-20)26-24(29)19-13-15-7-2-3-8-16(15)17-10-6-12-25-23(17)19/h2-14H,1H3,(H2,26,27,28,29). The second kappa shape index (κ2) is 7.33. The van der Waals surface area contributed by atoms with Crippen LogP contribution in [-0.4, -0.2) is 28.2 Å². The van der Waals surface area contributed by atoms with Gasteiger partial charge in [0.15, 0.2) is 5.82 Å². The van der Waals surface area contributed by atoms with Crippen LogP contribution in [-0.2, 0) is 0 Å². The fourth-order valence-corrected chi connectivity index (χ4v) is 3.68. The van der Waals surface area contributed by atoms with Gasteiger partial charge in [-0.25, -0.2) is 0 Å². The number of carbonyl (C=O) groups excluding carboxylic acids is 1. The van der Waals surface area contributed by atoms with Crippen molar-refractivity contribution < 1.29 is 9.53 Å². The lowest BCUT2D eigenvalue weighted by Crippen LogP contribution is -2.13. The molecule has 0 atom stereocenters. The van der Waals surface area contributed by atoms with Gasteiger partial charge in [-0.2, -0.15) is 5.10 Å². The molecular formula is C24H18N4O2. The van der Waals surface area contributed by atoms with E-state index in [2.05, 4.69) is 20.5 Å². The quantitative estimate of drug-likeness (QED) is 0.419. The van der Waals surface area contributed by atoms with Crippen LogP contribution in [0.25, 0.3) is 32.9 Å². The Labute approximate surface area is 172 Å². The van der Waals surface area contributed by atoms with E-state index in [1.807, 2.05) is 66.7 Å². The van der Waals surface area contributed by atoms with Crippen molar-refractivity contribution >= 4 is 33.4 Å². The van der Waals surface area contributed by atoms with Crippen molar-refractivity contribution in [3.05, 3.63) is 84.6 Å². The van der Waals surface area contributed by atoms with Gasteiger partial charge in [-0.05, 0) is 35.0 Å². The Kier molecular flexibility index (Phi) is 4.37. The number of ether oxygens (including phenoxy) is 1. The highest BCUT2D eigenvalue weighted by atomic mass is 16.5. The van der Waals surface area contributed by atoms with E-state index in [1.54, 1.807) is 19.4 Å². The van der Waals surface area contributed by atoms with Crippen LogP contribution < -0.4 is 10.1 Å². The first kappa shape index (κ1) is 17.9. The van der Waals surface area contributed by atoms with Crippen molar-refractivity contribution in [1.82, 2.24) is 15.2 Å². The Balaban J connectivity index is 1.52. The first-order chi connectivity index (χ1) is 14.7. The maximum atomic E-state index is 13.1. The van der Waals surface area contributed by atoms with Gasteiger partial charge in [0.05, 0.1) is 23.9 Å². The van der Waals surface area contributed by atoms with E-state index in [-0.39, 0.29) is 5.91 Å². The molecule has 0 saturated carbocycles. The maximum Gasteiger partial charge on any atom is 0.259 e. The lowest BCUT2D eigenvalue weighted by atomic mass is 10.0. The van der Waals surface area contributed by atoms with Crippen molar-refractivity contribution in [1.29, 1.82) is 0 Å².